The Morgan fingerprint density at radius 1 is 1.48 bits per heavy atom. The molecule has 1 amide bonds. The van der Waals surface area contributed by atoms with Gasteiger partial charge in [-0.25, -0.2) is 4.39 Å². The second kappa shape index (κ2) is 6.47. The molecule has 122 valence electrons. The van der Waals surface area contributed by atoms with Gasteiger partial charge in [-0.05, 0) is 30.2 Å². The number of aromatic amines is 1. The van der Waals surface area contributed by atoms with E-state index in [-0.39, 0.29) is 18.3 Å². The van der Waals surface area contributed by atoms with Gasteiger partial charge < -0.3 is 10.4 Å². The third-order valence-electron chi connectivity index (χ3n) is 4.03. The number of β-amino-alcohol motifs (C(OH)–C–C–N with tert-alkyl or cyclic N) is 1. The Morgan fingerprint density at radius 2 is 2.35 bits per heavy atom. The van der Waals surface area contributed by atoms with E-state index in [4.69, 9.17) is 0 Å². The summed E-state index contributed by atoms with van der Waals surface area (Å²) in [6, 6.07) is 8.02. The van der Waals surface area contributed by atoms with Gasteiger partial charge in [0, 0.05) is 32.4 Å². The summed E-state index contributed by atoms with van der Waals surface area (Å²) in [5.41, 5.74) is 0.266. The van der Waals surface area contributed by atoms with Crippen LogP contribution >= 0.6 is 0 Å². The molecule has 23 heavy (non-hydrogen) atoms. The van der Waals surface area contributed by atoms with Crippen molar-refractivity contribution in [3.05, 3.63) is 53.6 Å². The molecular weight excluding hydrogens is 299 g/mol. The average molecular weight is 318 g/mol. The minimum atomic E-state index is -0.969. The van der Waals surface area contributed by atoms with Crippen LogP contribution in [-0.4, -0.2) is 51.3 Å². The zero-order valence-electron chi connectivity index (χ0n) is 12.6. The predicted octanol–water partition coefficient (Wildman–Crippen LogP) is 0.916. The molecule has 6 nitrogen and oxygen atoms in total. The molecule has 0 saturated carbocycles. The number of hydrogen-bond donors (Lipinski definition) is 3. The van der Waals surface area contributed by atoms with E-state index in [2.05, 4.69) is 20.4 Å². The number of amides is 1. The van der Waals surface area contributed by atoms with Crippen molar-refractivity contribution in [1.82, 2.24) is 20.4 Å². The number of benzene rings is 1. The summed E-state index contributed by atoms with van der Waals surface area (Å²) in [4.78, 5) is 13.9. The summed E-state index contributed by atoms with van der Waals surface area (Å²) in [5.74, 6) is -0.553. The highest BCUT2D eigenvalue weighted by Gasteiger charge is 2.36. The van der Waals surface area contributed by atoms with E-state index in [0.717, 1.165) is 5.56 Å². The zero-order valence-corrected chi connectivity index (χ0v) is 12.6. The van der Waals surface area contributed by atoms with Crippen molar-refractivity contribution in [1.29, 1.82) is 0 Å². The van der Waals surface area contributed by atoms with Gasteiger partial charge in [0.15, 0.2) is 0 Å². The summed E-state index contributed by atoms with van der Waals surface area (Å²) in [6.07, 6.45) is 2.06. The van der Waals surface area contributed by atoms with Crippen LogP contribution in [0.4, 0.5) is 4.39 Å². The van der Waals surface area contributed by atoms with Gasteiger partial charge in [-0.15, -0.1) is 0 Å². The monoisotopic (exact) mass is 318 g/mol. The Balaban J connectivity index is 1.52. The number of rotatable bonds is 5. The lowest BCUT2D eigenvalue weighted by Gasteiger charge is -2.23. The molecule has 1 fully saturated rings. The van der Waals surface area contributed by atoms with E-state index in [9.17, 15) is 14.3 Å². The third-order valence-corrected chi connectivity index (χ3v) is 4.03. The minimum Gasteiger partial charge on any atom is -0.387 e. The largest absolute Gasteiger partial charge is 0.387 e. The van der Waals surface area contributed by atoms with E-state index in [1.165, 1.54) is 18.3 Å². The summed E-state index contributed by atoms with van der Waals surface area (Å²) in [6.45, 7) is 1.89. The van der Waals surface area contributed by atoms with Crippen LogP contribution in [0.3, 0.4) is 0 Å². The topological polar surface area (TPSA) is 81.2 Å². The lowest BCUT2D eigenvalue weighted by molar-refractivity contribution is 0.0455. The number of aliphatic hydroxyl groups is 1. The Hall–Kier alpha value is -2.25. The first-order valence-corrected chi connectivity index (χ1v) is 7.51. The summed E-state index contributed by atoms with van der Waals surface area (Å²) >= 11 is 0. The van der Waals surface area contributed by atoms with Crippen molar-refractivity contribution in [2.75, 3.05) is 19.6 Å². The SMILES string of the molecule is O=C(NCC1(O)CCN(Cc2cccc(F)c2)C1)c1ccn[nH]1. The van der Waals surface area contributed by atoms with Gasteiger partial charge >= 0.3 is 0 Å². The first-order valence-electron chi connectivity index (χ1n) is 7.51. The first-order chi connectivity index (χ1) is 11.0. The van der Waals surface area contributed by atoms with Gasteiger partial charge in [0.1, 0.15) is 11.5 Å². The fourth-order valence-corrected chi connectivity index (χ4v) is 2.84. The number of carbonyl (C=O) groups is 1. The quantitative estimate of drug-likeness (QED) is 0.766. The Labute approximate surface area is 133 Å². The fourth-order valence-electron chi connectivity index (χ4n) is 2.84. The van der Waals surface area contributed by atoms with Gasteiger partial charge in [-0.3, -0.25) is 14.8 Å². The molecule has 1 aliphatic rings. The molecule has 3 N–H and O–H groups in total. The van der Waals surface area contributed by atoms with E-state index in [1.807, 2.05) is 6.07 Å². The molecule has 2 aromatic rings. The van der Waals surface area contributed by atoms with E-state index in [0.29, 0.717) is 31.7 Å². The van der Waals surface area contributed by atoms with Crippen LogP contribution < -0.4 is 5.32 Å². The molecule has 7 heteroatoms. The number of aromatic nitrogens is 2. The third kappa shape index (κ3) is 3.94. The van der Waals surface area contributed by atoms with Crippen LogP contribution in [0.15, 0.2) is 36.5 Å². The van der Waals surface area contributed by atoms with Crippen LogP contribution in [0.1, 0.15) is 22.5 Å². The first kappa shape index (κ1) is 15.6. The Bertz CT molecular complexity index is 676. The van der Waals surface area contributed by atoms with Crippen molar-refractivity contribution >= 4 is 5.91 Å². The van der Waals surface area contributed by atoms with Gasteiger partial charge in [-0.2, -0.15) is 5.10 Å². The number of H-pyrrole nitrogens is 1. The smallest absolute Gasteiger partial charge is 0.269 e. The fraction of sp³-hybridized carbons (Fsp3) is 0.375. The van der Waals surface area contributed by atoms with Crippen molar-refractivity contribution in [2.45, 2.75) is 18.6 Å². The van der Waals surface area contributed by atoms with E-state index < -0.39 is 5.60 Å². The average Bonchev–Trinajstić information content (AvgIpc) is 3.16. The second-order valence-corrected chi connectivity index (χ2v) is 5.97. The van der Waals surface area contributed by atoms with E-state index in [1.54, 1.807) is 12.1 Å². The van der Waals surface area contributed by atoms with Crippen LogP contribution in [-0.2, 0) is 6.54 Å². The molecule has 1 aromatic heterocycles. The number of carbonyl (C=O) groups excluding carboxylic acids is 1. The summed E-state index contributed by atoms with van der Waals surface area (Å²) in [7, 11) is 0. The normalized spacial score (nSPS) is 21.5. The summed E-state index contributed by atoms with van der Waals surface area (Å²) in [5, 5.41) is 19.6. The number of nitrogens with zero attached hydrogens (tertiary/aromatic N) is 2. The van der Waals surface area contributed by atoms with Gasteiger partial charge in [0.25, 0.3) is 5.91 Å². The van der Waals surface area contributed by atoms with E-state index >= 15 is 0 Å². The highest BCUT2D eigenvalue weighted by Crippen LogP contribution is 2.22. The maximum atomic E-state index is 13.2. The second-order valence-electron chi connectivity index (χ2n) is 5.97. The molecule has 1 aliphatic heterocycles. The molecule has 1 aromatic carbocycles. The highest BCUT2D eigenvalue weighted by molar-refractivity contribution is 5.92. The molecule has 0 aliphatic carbocycles. The molecule has 0 bridgehead atoms. The Morgan fingerprint density at radius 3 is 3.09 bits per heavy atom. The Kier molecular flexibility index (Phi) is 4.40. The zero-order chi connectivity index (χ0) is 16.3. The minimum absolute atomic E-state index is 0.171. The van der Waals surface area contributed by atoms with Crippen molar-refractivity contribution in [2.24, 2.45) is 0 Å². The maximum Gasteiger partial charge on any atom is 0.269 e. The van der Waals surface area contributed by atoms with Crippen molar-refractivity contribution in [3.8, 4) is 0 Å². The number of nitrogens with one attached hydrogen (secondary N) is 2. The molecule has 1 unspecified atom stereocenters. The molecule has 0 radical (unpaired) electrons. The standard InChI is InChI=1S/C16H19FN4O2/c17-13-3-1-2-12(8-13)9-21-7-5-16(23,11-21)10-18-15(22)14-4-6-19-20-14/h1-4,6,8,23H,5,7,9-11H2,(H,18,22)(H,19,20). The maximum absolute atomic E-state index is 13.2. The predicted molar refractivity (Wildman–Crippen MR) is 82.2 cm³/mol. The lowest BCUT2D eigenvalue weighted by atomic mass is 10.0. The molecule has 1 saturated heterocycles. The molecule has 2 heterocycles. The number of likely N-dealkylation sites (tertiary alicyclic amines) is 1. The number of halogens is 1. The summed E-state index contributed by atoms with van der Waals surface area (Å²) < 4.78 is 13.2. The molecule has 1 atom stereocenters. The molecule has 3 rings (SSSR count). The van der Waals surface area contributed by atoms with Crippen molar-refractivity contribution in [3.63, 3.8) is 0 Å². The van der Waals surface area contributed by atoms with Gasteiger partial charge in [0.2, 0.25) is 0 Å². The van der Waals surface area contributed by atoms with Crippen LogP contribution in [0.2, 0.25) is 0 Å². The van der Waals surface area contributed by atoms with Gasteiger partial charge in [0.05, 0.1) is 5.60 Å². The van der Waals surface area contributed by atoms with Crippen LogP contribution in [0, 0.1) is 5.82 Å². The lowest BCUT2D eigenvalue weighted by Crippen LogP contribution is -2.45. The number of hydrogen-bond acceptors (Lipinski definition) is 4. The molecule has 0 spiro atoms. The van der Waals surface area contributed by atoms with Crippen LogP contribution in [0.25, 0.3) is 0 Å². The van der Waals surface area contributed by atoms with Gasteiger partial charge in [-0.1, -0.05) is 12.1 Å². The van der Waals surface area contributed by atoms with Crippen LogP contribution in [0.5, 0.6) is 0 Å². The highest BCUT2D eigenvalue weighted by atomic mass is 19.1. The van der Waals surface area contributed by atoms with Crippen molar-refractivity contribution < 1.29 is 14.3 Å². The molecular formula is C16H19FN4O2.